The van der Waals surface area contributed by atoms with Crippen LogP contribution in [0.2, 0.25) is 0 Å². The molecule has 0 aliphatic carbocycles. The molecular formula is C18H21N3O2. The number of carbonyl (C=O) groups excluding carboxylic acids is 1. The predicted octanol–water partition coefficient (Wildman–Crippen LogP) is 2.72. The molecule has 0 fully saturated rings. The Morgan fingerprint density at radius 1 is 1.43 bits per heavy atom. The Bertz CT molecular complexity index is 725. The van der Waals surface area contributed by atoms with E-state index in [4.69, 9.17) is 10.00 Å². The van der Waals surface area contributed by atoms with Crippen molar-refractivity contribution in [3.05, 3.63) is 42.1 Å². The average Bonchev–Trinajstić information content (AvgIpc) is 2.93. The second-order valence-electron chi connectivity index (χ2n) is 5.02. The number of fused-ring (bicyclic) bond motifs is 1. The fraction of sp³-hybridized carbons (Fsp3) is 0.333. The number of carbonyl (C=O) groups is 1. The molecule has 0 aliphatic heterocycles. The summed E-state index contributed by atoms with van der Waals surface area (Å²) in [6.07, 6.45) is 5.77. The lowest BCUT2D eigenvalue weighted by Crippen LogP contribution is -2.25. The van der Waals surface area contributed by atoms with Gasteiger partial charge < -0.3 is 14.6 Å². The quantitative estimate of drug-likeness (QED) is 0.602. The third kappa shape index (κ3) is 4.70. The minimum absolute atomic E-state index is 0.140. The molecule has 0 radical (unpaired) electrons. The number of ether oxygens (including phenoxy) is 1. The zero-order valence-electron chi connectivity index (χ0n) is 13.3. The van der Waals surface area contributed by atoms with Crippen LogP contribution in [0.3, 0.4) is 0 Å². The highest BCUT2D eigenvalue weighted by atomic mass is 16.5. The van der Waals surface area contributed by atoms with Crippen LogP contribution >= 0.6 is 0 Å². The van der Waals surface area contributed by atoms with E-state index in [9.17, 15) is 4.79 Å². The molecule has 2 aromatic rings. The second-order valence-corrected chi connectivity index (χ2v) is 5.02. The van der Waals surface area contributed by atoms with Gasteiger partial charge in [-0.2, -0.15) is 5.26 Å². The fourth-order valence-corrected chi connectivity index (χ4v) is 2.38. The molecule has 1 heterocycles. The summed E-state index contributed by atoms with van der Waals surface area (Å²) in [5.74, 6) is -0.140. The van der Waals surface area contributed by atoms with Crippen LogP contribution in [0.4, 0.5) is 0 Å². The molecule has 0 bridgehead atoms. The number of nitriles is 1. The molecule has 0 spiro atoms. The van der Waals surface area contributed by atoms with Crippen LogP contribution in [0.15, 0.2) is 36.5 Å². The molecule has 1 amide bonds. The molecule has 1 aromatic carbocycles. The number of para-hydroxylation sites is 1. The molecule has 1 aromatic heterocycles. The van der Waals surface area contributed by atoms with Gasteiger partial charge in [-0.05, 0) is 19.1 Å². The van der Waals surface area contributed by atoms with Crippen LogP contribution in [0.1, 0.15) is 18.9 Å². The zero-order chi connectivity index (χ0) is 16.5. The summed E-state index contributed by atoms with van der Waals surface area (Å²) in [7, 11) is 0. The predicted molar refractivity (Wildman–Crippen MR) is 90.7 cm³/mol. The summed E-state index contributed by atoms with van der Waals surface area (Å²) < 4.78 is 7.22. The summed E-state index contributed by atoms with van der Waals surface area (Å²) in [5.41, 5.74) is 2.04. The minimum atomic E-state index is -0.140. The summed E-state index contributed by atoms with van der Waals surface area (Å²) >= 11 is 0. The molecule has 2 rings (SSSR count). The van der Waals surface area contributed by atoms with Gasteiger partial charge >= 0.3 is 0 Å². The first-order valence-corrected chi connectivity index (χ1v) is 7.74. The Kier molecular flexibility index (Phi) is 6.40. The maximum atomic E-state index is 11.8. The van der Waals surface area contributed by atoms with Gasteiger partial charge in [-0.15, -0.1) is 0 Å². The van der Waals surface area contributed by atoms with E-state index in [0.717, 1.165) is 16.5 Å². The van der Waals surface area contributed by atoms with E-state index in [1.165, 1.54) is 6.08 Å². The molecular weight excluding hydrogens is 290 g/mol. The lowest BCUT2D eigenvalue weighted by molar-refractivity contribution is -0.116. The molecule has 0 atom stereocenters. The number of nitrogens with zero attached hydrogens (tertiary/aromatic N) is 2. The van der Waals surface area contributed by atoms with Gasteiger partial charge in [0.1, 0.15) is 0 Å². The number of benzene rings is 1. The zero-order valence-corrected chi connectivity index (χ0v) is 13.3. The molecule has 5 nitrogen and oxygen atoms in total. The van der Waals surface area contributed by atoms with Gasteiger partial charge in [0.25, 0.3) is 0 Å². The van der Waals surface area contributed by atoms with Gasteiger partial charge in [-0.25, -0.2) is 0 Å². The van der Waals surface area contributed by atoms with E-state index in [1.807, 2.05) is 42.0 Å². The summed E-state index contributed by atoms with van der Waals surface area (Å²) in [6.45, 7) is 4.23. The van der Waals surface area contributed by atoms with Gasteiger partial charge in [0.2, 0.25) is 5.91 Å². The van der Waals surface area contributed by atoms with Crippen LogP contribution in [-0.4, -0.2) is 30.2 Å². The lowest BCUT2D eigenvalue weighted by atomic mass is 10.1. The monoisotopic (exact) mass is 311 g/mol. The Hall–Kier alpha value is -2.58. The number of amides is 1. The Morgan fingerprint density at radius 3 is 3.04 bits per heavy atom. The fourth-order valence-electron chi connectivity index (χ4n) is 2.38. The van der Waals surface area contributed by atoms with Crippen molar-refractivity contribution in [2.24, 2.45) is 0 Å². The highest BCUT2D eigenvalue weighted by molar-refractivity contribution is 5.96. The van der Waals surface area contributed by atoms with Crippen LogP contribution in [0.5, 0.6) is 0 Å². The van der Waals surface area contributed by atoms with Crippen LogP contribution in [0.25, 0.3) is 17.0 Å². The van der Waals surface area contributed by atoms with Crippen molar-refractivity contribution in [2.75, 3.05) is 19.8 Å². The smallest absolute Gasteiger partial charge is 0.244 e. The lowest BCUT2D eigenvalue weighted by Gasteiger charge is -2.01. The van der Waals surface area contributed by atoms with Gasteiger partial charge in [-0.3, -0.25) is 4.79 Å². The van der Waals surface area contributed by atoms with E-state index in [1.54, 1.807) is 6.08 Å². The number of hydrogen-bond acceptors (Lipinski definition) is 3. The number of hydrogen-bond donors (Lipinski definition) is 1. The van der Waals surface area contributed by atoms with Gasteiger partial charge in [0, 0.05) is 48.4 Å². The maximum Gasteiger partial charge on any atom is 0.244 e. The molecule has 5 heteroatoms. The SMILES string of the molecule is CCOCCNC(=O)/C=C/c1cn(CCC#N)c2ccccc12. The van der Waals surface area contributed by atoms with Crippen molar-refractivity contribution in [3.8, 4) is 6.07 Å². The van der Waals surface area contributed by atoms with E-state index < -0.39 is 0 Å². The first-order valence-electron chi connectivity index (χ1n) is 7.74. The molecule has 0 saturated carbocycles. The van der Waals surface area contributed by atoms with Crippen LogP contribution in [-0.2, 0) is 16.1 Å². The van der Waals surface area contributed by atoms with E-state index in [-0.39, 0.29) is 5.91 Å². The summed E-state index contributed by atoms with van der Waals surface area (Å²) in [6, 6.07) is 10.1. The molecule has 0 unspecified atom stereocenters. The second kappa shape index (κ2) is 8.76. The largest absolute Gasteiger partial charge is 0.380 e. The first kappa shape index (κ1) is 16.8. The van der Waals surface area contributed by atoms with Gasteiger partial charge in [0.15, 0.2) is 0 Å². The summed E-state index contributed by atoms with van der Waals surface area (Å²) in [5, 5.41) is 12.6. The molecule has 0 saturated heterocycles. The van der Waals surface area contributed by atoms with Gasteiger partial charge in [0.05, 0.1) is 19.1 Å². The third-order valence-electron chi connectivity index (χ3n) is 3.45. The van der Waals surface area contributed by atoms with Crippen molar-refractivity contribution in [1.29, 1.82) is 5.26 Å². The van der Waals surface area contributed by atoms with Crippen molar-refractivity contribution in [1.82, 2.24) is 9.88 Å². The number of rotatable bonds is 8. The number of aromatic nitrogens is 1. The normalized spacial score (nSPS) is 11.0. The third-order valence-corrected chi connectivity index (χ3v) is 3.45. The van der Waals surface area contributed by atoms with Crippen molar-refractivity contribution in [3.63, 3.8) is 0 Å². The Morgan fingerprint density at radius 2 is 2.26 bits per heavy atom. The Labute approximate surface area is 136 Å². The van der Waals surface area contributed by atoms with E-state index >= 15 is 0 Å². The first-order chi connectivity index (χ1) is 11.3. The maximum absolute atomic E-state index is 11.8. The molecule has 1 N–H and O–H groups in total. The summed E-state index contributed by atoms with van der Waals surface area (Å²) in [4.78, 5) is 11.8. The molecule has 0 aliphatic rings. The molecule has 120 valence electrons. The molecule has 23 heavy (non-hydrogen) atoms. The number of nitrogens with one attached hydrogen (secondary N) is 1. The average molecular weight is 311 g/mol. The highest BCUT2D eigenvalue weighted by Crippen LogP contribution is 2.22. The topological polar surface area (TPSA) is 67.0 Å². The van der Waals surface area contributed by atoms with Crippen LogP contribution in [0, 0.1) is 11.3 Å². The standard InChI is InChI=1S/C18H21N3O2/c1-2-23-13-11-20-18(22)9-8-15-14-21(12-5-10-19)17-7-4-3-6-16(15)17/h3-4,6-9,14H,2,5,11-13H2,1H3,(H,20,22)/b9-8+. The van der Waals surface area contributed by atoms with Crippen molar-refractivity contribution >= 4 is 22.9 Å². The van der Waals surface area contributed by atoms with Gasteiger partial charge in [-0.1, -0.05) is 18.2 Å². The highest BCUT2D eigenvalue weighted by Gasteiger charge is 2.06. The van der Waals surface area contributed by atoms with Crippen molar-refractivity contribution < 1.29 is 9.53 Å². The van der Waals surface area contributed by atoms with Crippen molar-refractivity contribution in [2.45, 2.75) is 19.9 Å². The van der Waals surface area contributed by atoms with E-state index in [0.29, 0.717) is 32.7 Å². The minimum Gasteiger partial charge on any atom is -0.380 e. The van der Waals surface area contributed by atoms with E-state index in [2.05, 4.69) is 11.4 Å². The number of aryl methyl sites for hydroxylation is 1. The van der Waals surface area contributed by atoms with Crippen LogP contribution < -0.4 is 5.32 Å². The Balaban J connectivity index is 2.09.